The second-order valence-corrected chi connectivity index (χ2v) is 4.98. The van der Waals surface area contributed by atoms with Crippen molar-refractivity contribution in [2.24, 2.45) is 0 Å². The topological polar surface area (TPSA) is 21.3 Å². The summed E-state index contributed by atoms with van der Waals surface area (Å²) in [5.41, 5.74) is 4.60. The van der Waals surface area contributed by atoms with Crippen LogP contribution < -0.4 is 5.32 Å². The summed E-state index contributed by atoms with van der Waals surface area (Å²) in [5, 5.41) is 3.32. The minimum absolute atomic E-state index is 0.736. The minimum Gasteiger partial charge on any atom is -0.383 e. The molecule has 21 heavy (non-hydrogen) atoms. The molecule has 0 atom stereocenters. The van der Waals surface area contributed by atoms with Crippen LogP contribution in [-0.4, -0.2) is 20.3 Å². The Bertz CT molecular complexity index is 603. The molecule has 2 aromatic rings. The Morgan fingerprint density at radius 2 is 1.48 bits per heavy atom. The average Bonchev–Trinajstić information content (AvgIpc) is 2.52. The minimum atomic E-state index is 0.736. The van der Waals surface area contributed by atoms with Crippen molar-refractivity contribution < 1.29 is 4.74 Å². The van der Waals surface area contributed by atoms with Crippen molar-refractivity contribution in [2.45, 2.75) is 13.5 Å². The molecule has 0 bridgehead atoms. The van der Waals surface area contributed by atoms with E-state index in [0.717, 1.165) is 30.8 Å². The predicted octanol–water partition coefficient (Wildman–Crippen LogP) is 3.13. The fraction of sp³-hybridized carbons (Fsp3) is 0.263. The number of hydrogen-bond donors (Lipinski definition) is 1. The Morgan fingerprint density at radius 1 is 0.905 bits per heavy atom. The van der Waals surface area contributed by atoms with Gasteiger partial charge in [-0.25, -0.2) is 0 Å². The van der Waals surface area contributed by atoms with Crippen molar-refractivity contribution in [3.8, 4) is 11.8 Å². The Labute approximate surface area is 127 Å². The van der Waals surface area contributed by atoms with Gasteiger partial charge in [0.2, 0.25) is 0 Å². The summed E-state index contributed by atoms with van der Waals surface area (Å²) in [6.45, 7) is 4.54. The van der Waals surface area contributed by atoms with Crippen molar-refractivity contribution in [2.75, 3.05) is 20.3 Å². The summed E-state index contributed by atoms with van der Waals surface area (Å²) in [5.74, 6) is 6.38. The first kappa shape index (κ1) is 15.3. The molecule has 108 valence electrons. The molecule has 0 aliphatic rings. The van der Waals surface area contributed by atoms with E-state index in [4.69, 9.17) is 4.74 Å². The largest absolute Gasteiger partial charge is 0.383 e. The zero-order valence-electron chi connectivity index (χ0n) is 12.6. The lowest BCUT2D eigenvalue weighted by Gasteiger charge is -2.04. The van der Waals surface area contributed by atoms with Crippen LogP contribution in [-0.2, 0) is 11.3 Å². The molecule has 0 saturated carbocycles. The van der Waals surface area contributed by atoms with Crippen molar-refractivity contribution >= 4 is 0 Å². The third kappa shape index (κ3) is 5.43. The van der Waals surface area contributed by atoms with Crippen LogP contribution in [0.5, 0.6) is 0 Å². The molecule has 0 aliphatic carbocycles. The zero-order valence-corrected chi connectivity index (χ0v) is 12.6. The molecule has 0 unspecified atom stereocenters. The third-order valence-electron chi connectivity index (χ3n) is 3.17. The second kappa shape index (κ2) is 8.26. The lowest BCUT2D eigenvalue weighted by atomic mass is 10.1. The van der Waals surface area contributed by atoms with E-state index < -0.39 is 0 Å². The van der Waals surface area contributed by atoms with Crippen molar-refractivity contribution in [3.05, 3.63) is 70.8 Å². The molecular formula is C19H21NO. The van der Waals surface area contributed by atoms with Gasteiger partial charge in [0.1, 0.15) is 0 Å². The van der Waals surface area contributed by atoms with Crippen LogP contribution >= 0.6 is 0 Å². The number of hydrogen-bond acceptors (Lipinski definition) is 2. The van der Waals surface area contributed by atoms with Crippen molar-refractivity contribution in [1.29, 1.82) is 0 Å². The molecule has 0 amide bonds. The summed E-state index contributed by atoms with van der Waals surface area (Å²) in [6, 6.07) is 16.6. The molecule has 1 N–H and O–H groups in total. The molecule has 0 saturated heterocycles. The van der Waals surface area contributed by atoms with Gasteiger partial charge in [0.05, 0.1) is 6.61 Å². The number of nitrogens with one attached hydrogen (secondary N) is 1. The van der Waals surface area contributed by atoms with Crippen molar-refractivity contribution in [3.63, 3.8) is 0 Å². The lowest BCUT2D eigenvalue weighted by Crippen LogP contribution is -2.18. The van der Waals surface area contributed by atoms with Gasteiger partial charge in [-0.1, -0.05) is 41.7 Å². The number of benzene rings is 2. The smallest absolute Gasteiger partial charge is 0.0587 e. The highest BCUT2D eigenvalue weighted by molar-refractivity contribution is 5.43. The normalized spacial score (nSPS) is 10.0. The maximum atomic E-state index is 5.00. The molecule has 0 aliphatic heterocycles. The van der Waals surface area contributed by atoms with E-state index in [1.807, 2.05) is 0 Å². The van der Waals surface area contributed by atoms with Crippen LogP contribution in [0.25, 0.3) is 0 Å². The number of rotatable bonds is 5. The first-order chi connectivity index (χ1) is 10.3. The maximum absolute atomic E-state index is 5.00. The molecule has 2 rings (SSSR count). The monoisotopic (exact) mass is 279 g/mol. The molecule has 0 spiro atoms. The Balaban J connectivity index is 1.92. The zero-order chi connectivity index (χ0) is 14.9. The molecule has 2 aromatic carbocycles. The Kier molecular flexibility index (Phi) is 6.02. The van der Waals surface area contributed by atoms with Gasteiger partial charge in [-0.2, -0.15) is 0 Å². The standard InChI is InChI=1S/C19H21NO/c1-16-3-5-17(6-4-16)7-8-18-9-11-19(12-10-18)15-20-13-14-21-2/h3-6,9-12,20H,13-15H2,1-2H3. The molecular weight excluding hydrogens is 258 g/mol. The first-order valence-electron chi connectivity index (χ1n) is 7.15. The fourth-order valence-corrected chi connectivity index (χ4v) is 1.89. The van der Waals surface area contributed by atoms with Gasteiger partial charge in [0.15, 0.2) is 0 Å². The molecule has 0 radical (unpaired) electrons. The van der Waals surface area contributed by atoms with Crippen LogP contribution in [0.2, 0.25) is 0 Å². The van der Waals surface area contributed by atoms with Crippen molar-refractivity contribution in [1.82, 2.24) is 5.32 Å². The summed E-state index contributed by atoms with van der Waals surface area (Å²) in [4.78, 5) is 0. The summed E-state index contributed by atoms with van der Waals surface area (Å²) in [6.07, 6.45) is 0. The van der Waals surface area contributed by atoms with E-state index in [1.54, 1.807) is 7.11 Å². The molecule has 0 fully saturated rings. The highest BCUT2D eigenvalue weighted by atomic mass is 16.5. The van der Waals surface area contributed by atoms with Gasteiger partial charge in [-0.15, -0.1) is 0 Å². The highest BCUT2D eigenvalue weighted by Crippen LogP contribution is 2.05. The summed E-state index contributed by atoms with van der Waals surface area (Å²) < 4.78 is 5.00. The Morgan fingerprint density at radius 3 is 2.05 bits per heavy atom. The quantitative estimate of drug-likeness (QED) is 0.670. The van der Waals surface area contributed by atoms with E-state index >= 15 is 0 Å². The molecule has 0 heterocycles. The second-order valence-electron chi connectivity index (χ2n) is 4.98. The van der Waals surface area contributed by atoms with Crippen LogP contribution in [0.3, 0.4) is 0 Å². The molecule has 2 nitrogen and oxygen atoms in total. The number of methoxy groups -OCH3 is 1. The van der Waals surface area contributed by atoms with Gasteiger partial charge in [0.25, 0.3) is 0 Å². The number of ether oxygens (including phenoxy) is 1. The van der Waals surface area contributed by atoms with E-state index in [-0.39, 0.29) is 0 Å². The van der Waals surface area contributed by atoms with Crippen LogP contribution in [0.15, 0.2) is 48.5 Å². The van der Waals surface area contributed by atoms with Gasteiger partial charge >= 0.3 is 0 Å². The van der Waals surface area contributed by atoms with Crippen LogP contribution in [0.1, 0.15) is 22.3 Å². The van der Waals surface area contributed by atoms with Gasteiger partial charge in [-0.05, 0) is 36.8 Å². The molecule has 2 heteroatoms. The van der Waals surface area contributed by atoms with E-state index in [0.29, 0.717) is 0 Å². The lowest BCUT2D eigenvalue weighted by molar-refractivity contribution is 0.199. The van der Waals surface area contributed by atoms with E-state index in [2.05, 4.69) is 72.6 Å². The summed E-state index contributed by atoms with van der Waals surface area (Å²) >= 11 is 0. The third-order valence-corrected chi connectivity index (χ3v) is 3.17. The van der Waals surface area contributed by atoms with E-state index in [9.17, 15) is 0 Å². The first-order valence-corrected chi connectivity index (χ1v) is 7.15. The average molecular weight is 279 g/mol. The fourth-order valence-electron chi connectivity index (χ4n) is 1.89. The van der Waals surface area contributed by atoms with Gasteiger partial charge in [-0.3, -0.25) is 0 Å². The maximum Gasteiger partial charge on any atom is 0.0587 e. The van der Waals surface area contributed by atoms with E-state index in [1.165, 1.54) is 11.1 Å². The predicted molar refractivity (Wildman–Crippen MR) is 87.2 cm³/mol. The van der Waals surface area contributed by atoms with Crippen LogP contribution in [0.4, 0.5) is 0 Å². The SMILES string of the molecule is COCCNCc1ccc(C#Cc2ccc(C)cc2)cc1. The van der Waals surface area contributed by atoms with Crippen LogP contribution in [0, 0.1) is 18.8 Å². The van der Waals surface area contributed by atoms with Gasteiger partial charge in [0, 0.05) is 31.3 Å². The summed E-state index contributed by atoms with van der Waals surface area (Å²) in [7, 11) is 1.71. The van der Waals surface area contributed by atoms with Gasteiger partial charge < -0.3 is 10.1 Å². The number of aryl methyl sites for hydroxylation is 1. The molecule has 0 aromatic heterocycles. The highest BCUT2D eigenvalue weighted by Gasteiger charge is 1.93. The Hall–Kier alpha value is -2.08.